The van der Waals surface area contributed by atoms with Crippen LogP contribution >= 0.6 is 0 Å². The van der Waals surface area contributed by atoms with Crippen LogP contribution < -0.4 is 15.0 Å². The highest BCUT2D eigenvalue weighted by Crippen LogP contribution is 2.39. The lowest BCUT2D eigenvalue weighted by Gasteiger charge is -2.13. The van der Waals surface area contributed by atoms with Crippen molar-refractivity contribution in [3.05, 3.63) is 133 Å². The maximum absolute atomic E-state index is 13.4. The molecule has 210 valence electrons. The van der Waals surface area contributed by atoms with Crippen molar-refractivity contribution in [3.63, 3.8) is 0 Å². The fourth-order valence-electron chi connectivity index (χ4n) is 4.22. The van der Waals surface area contributed by atoms with E-state index in [0.717, 1.165) is 4.68 Å². The summed E-state index contributed by atoms with van der Waals surface area (Å²) in [4.78, 5) is 39.9. The van der Waals surface area contributed by atoms with Gasteiger partial charge >= 0.3 is 5.69 Å². The van der Waals surface area contributed by atoms with Gasteiger partial charge in [-0.1, -0.05) is 42.5 Å². The number of nitro benzene ring substituents is 2. The normalized spacial score (nSPS) is 11.1. The number of fused-ring (bicyclic) bond motifs is 1. The molecule has 12 nitrogen and oxygen atoms in total. The van der Waals surface area contributed by atoms with E-state index in [-0.39, 0.29) is 41.7 Å². The molecule has 42 heavy (non-hydrogen) atoms. The first-order valence-corrected chi connectivity index (χ1v) is 12.8. The van der Waals surface area contributed by atoms with Gasteiger partial charge in [0, 0.05) is 29.3 Å². The van der Waals surface area contributed by atoms with E-state index in [4.69, 9.17) is 9.47 Å². The maximum Gasteiger partial charge on any atom is 0.315 e. The van der Waals surface area contributed by atoms with Crippen LogP contribution in [0.5, 0.6) is 11.5 Å². The van der Waals surface area contributed by atoms with Gasteiger partial charge in [0.1, 0.15) is 6.61 Å². The highest BCUT2D eigenvalue weighted by atomic mass is 16.6. The zero-order chi connectivity index (χ0) is 29.6. The molecule has 0 amide bonds. The molecule has 1 aromatic heterocycles. The summed E-state index contributed by atoms with van der Waals surface area (Å²) in [7, 11) is 0. The van der Waals surface area contributed by atoms with Crippen LogP contribution in [-0.4, -0.2) is 32.3 Å². The Hall–Kier alpha value is -5.91. The van der Waals surface area contributed by atoms with Crippen LogP contribution in [-0.2, 0) is 6.61 Å². The van der Waals surface area contributed by atoms with Crippen molar-refractivity contribution in [3.8, 4) is 22.9 Å². The zero-order valence-corrected chi connectivity index (χ0v) is 22.2. The molecule has 0 aliphatic heterocycles. The third-order valence-corrected chi connectivity index (χ3v) is 6.19. The van der Waals surface area contributed by atoms with Gasteiger partial charge in [-0.2, -0.15) is 9.78 Å². The minimum absolute atomic E-state index is 0.0838. The lowest BCUT2D eigenvalue weighted by atomic mass is 10.1. The molecular weight excluding hydrogens is 542 g/mol. The summed E-state index contributed by atoms with van der Waals surface area (Å²) in [5, 5.41) is 27.7. The molecule has 0 bridgehead atoms. The Bertz CT molecular complexity index is 1870. The molecule has 0 aliphatic carbocycles. The first kappa shape index (κ1) is 27.6. The zero-order valence-electron chi connectivity index (χ0n) is 22.2. The van der Waals surface area contributed by atoms with E-state index >= 15 is 0 Å². The van der Waals surface area contributed by atoms with Crippen molar-refractivity contribution in [2.75, 3.05) is 6.61 Å². The lowest BCUT2D eigenvalue weighted by Crippen LogP contribution is -2.20. The summed E-state index contributed by atoms with van der Waals surface area (Å²) in [6, 6.07) is 24.4. The molecule has 0 atom stereocenters. The number of hydrogen-bond donors (Lipinski definition) is 0. The number of non-ortho nitro benzene ring substituents is 1. The second-order valence-electron chi connectivity index (χ2n) is 8.95. The second kappa shape index (κ2) is 12.1. The minimum atomic E-state index is -0.607. The van der Waals surface area contributed by atoms with Crippen LogP contribution in [0, 0.1) is 20.2 Å². The second-order valence-corrected chi connectivity index (χ2v) is 8.95. The van der Waals surface area contributed by atoms with Crippen LogP contribution in [0.15, 0.2) is 101 Å². The molecule has 5 rings (SSSR count). The molecule has 0 fully saturated rings. The third kappa shape index (κ3) is 5.82. The molecule has 0 saturated heterocycles. The van der Waals surface area contributed by atoms with Gasteiger partial charge in [-0.25, -0.2) is 4.98 Å². The summed E-state index contributed by atoms with van der Waals surface area (Å²) in [6.45, 7) is 1.82. The Morgan fingerprint density at radius 2 is 1.62 bits per heavy atom. The topological polar surface area (TPSA) is 152 Å². The number of hydrogen-bond acceptors (Lipinski definition) is 9. The molecule has 4 aromatic carbocycles. The SMILES string of the molecule is CCOc1cc(C=Nn2c(-c3ccccc3)nc3ccccc3c2=O)cc([N+](=O)[O-])c1OCc1ccc([N+](=O)[O-])cc1. The molecule has 1 heterocycles. The monoisotopic (exact) mass is 565 g/mol. The Morgan fingerprint density at radius 3 is 2.31 bits per heavy atom. The van der Waals surface area contributed by atoms with Crippen LogP contribution in [0.25, 0.3) is 22.3 Å². The Labute approximate surface area is 238 Å². The Morgan fingerprint density at radius 1 is 0.905 bits per heavy atom. The Balaban J connectivity index is 1.55. The number of rotatable bonds is 10. The van der Waals surface area contributed by atoms with E-state index in [9.17, 15) is 25.0 Å². The van der Waals surface area contributed by atoms with E-state index in [1.807, 2.05) is 18.2 Å². The molecule has 0 aliphatic rings. The van der Waals surface area contributed by atoms with Crippen molar-refractivity contribution in [1.82, 2.24) is 9.66 Å². The van der Waals surface area contributed by atoms with Crippen LogP contribution in [0.4, 0.5) is 11.4 Å². The van der Waals surface area contributed by atoms with Crippen LogP contribution in [0.1, 0.15) is 18.1 Å². The van der Waals surface area contributed by atoms with Crippen molar-refractivity contribution in [2.24, 2.45) is 5.10 Å². The summed E-state index contributed by atoms with van der Waals surface area (Å²) < 4.78 is 12.6. The number of nitro groups is 2. The van der Waals surface area contributed by atoms with Crippen molar-refractivity contribution in [2.45, 2.75) is 13.5 Å². The smallest absolute Gasteiger partial charge is 0.315 e. The summed E-state index contributed by atoms with van der Waals surface area (Å²) in [6.07, 6.45) is 1.32. The molecule has 0 spiro atoms. The van der Waals surface area contributed by atoms with Gasteiger partial charge in [0.15, 0.2) is 11.6 Å². The number of ether oxygens (including phenoxy) is 2. The van der Waals surface area contributed by atoms with E-state index in [1.165, 1.54) is 42.6 Å². The Kier molecular flexibility index (Phi) is 7.96. The number of aromatic nitrogens is 2. The first-order chi connectivity index (χ1) is 20.4. The molecule has 12 heteroatoms. The average molecular weight is 566 g/mol. The number of benzene rings is 4. The van der Waals surface area contributed by atoms with Crippen molar-refractivity contribution < 1.29 is 19.3 Å². The fraction of sp³-hybridized carbons (Fsp3) is 0.100. The molecule has 0 N–H and O–H groups in total. The van der Waals surface area contributed by atoms with E-state index < -0.39 is 15.4 Å². The van der Waals surface area contributed by atoms with Crippen molar-refractivity contribution in [1.29, 1.82) is 0 Å². The predicted molar refractivity (Wildman–Crippen MR) is 156 cm³/mol. The first-order valence-electron chi connectivity index (χ1n) is 12.8. The quantitative estimate of drug-likeness (QED) is 0.118. The molecule has 0 saturated carbocycles. The summed E-state index contributed by atoms with van der Waals surface area (Å²) in [5.41, 5.74) is 1.16. The minimum Gasteiger partial charge on any atom is -0.490 e. The molecule has 0 unspecified atom stereocenters. The van der Waals surface area contributed by atoms with Crippen molar-refractivity contribution >= 4 is 28.5 Å². The molecule has 5 aromatic rings. The number of para-hydroxylation sites is 1. The van der Waals surface area contributed by atoms with Gasteiger partial charge in [-0.05, 0) is 42.8 Å². The van der Waals surface area contributed by atoms with Gasteiger partial charge in [0.2, 0.25) is 5.75 Å². The highest BCUT2D eigenvalue weighted by Gasteiger charge is 2.23. The maximum atomic E-state index is 13.4. The summed E-state index contributed by atoms with van der Waals surface area (Å²) in [5.74, 6) is 0.298. The third-order valence-electron chi connectivity index (χ3n) is 6.19. The summed E-state index contributed by atoms with van der Waals surface area (Å²) >= 11 is 0. The predicted octanol–water partition coefficient (Wildman–Crippen LogP) is 5.74. The van der Waals surface area contributed by atoms with Gasteiger partial charge < -0.3 is 9.47 Å². The standard InChI is InChI=1S/C30H23N5O7/c1-2-41-27-17-21(16-26(35(39)40)28(27)42-19-20-12-14-23(15-13-20)34(37)38)18-31-33-29(22-8-4-3-5-9-22)32-25-11-7-6-10-24(25)30(33)36/h3-18H,2,19H2,1H3. The van der Waals surface area contributed by atoms with Crippen LogP contribution in [0.3, 0.4) is 0 Å². The fourth-order valence-corrected chi connectivity index (χ4v) is 4.22. The van der Waals surface area contributed by atoms with E-state index in [0.29, 0.717) is 27.9 Å². The lowest BCUT2D eigenvalue weighted by molar-refractivity contribution is -0.386. The van der Waals surface area contributed by atoms with E-state index in [2.05, 4.69) is 10.1 Å². The van der Waals surface area contributed by atoms with E-state index in [1.54, 1.807) is 43.3 Å². The molecule has 0 radical (unpaired) electrons. The van der Waals surface area contributed by atoms with Gasteiger partial charge in [0.25, 0.3) is 11.2 Å². The number of nitrogens with zero attached hydrogens (tertiary/aromatic N) is 5. The van der Waals surface area contributed by atoms with Gasteiger partial charge in [0.05, 0.1) is 33.6 Å². The molecular formula is C30H23N5O7. The van der Waals surface area contributed by atoms with Crippen LogP contribution in [0.2, 0.25) is 0 Å². The highest BCUT2D eigenvalue weighted by molar-refractivity contribution is 5.84. The van der Waals surface area contributed by atoms with Gasteiger partial charge in [-0.3, -0.25) is 25.0 Å². The largest absolute Gasteiger partial charge is 0.490 e. The van der Waals surface area contributed by atoms with Gasteiger partial charge in [-0.15, -0.1) is 0 Å². The average Bonchev–Trinajstić information content (AvgIpc) is 3.00.